The number of carbonyl (C=O) groups excluding carboxylic acids is 1. The Labute approximate surface area is 111 Å². The van der Waals surface area contributed by atoms with Crippen LogP contribution in [0.5, 0.6) is 0 Å². The average Bonchev–Trinajstić information content (AvgIpc) is 2.78. The monoisotopic (exact) mass is 263 g/mol. The van der Waals surface area contributed by atoms with Crippen LogP contribution in [-0.4, -0.2) is 19.1 Å². The highest BCUT2D eigenvalue weighted by Gasteiger charge is 2.24. The predicted molar refractivity (Wildman–Crippen MR) is 74.9 cm³/mol. The lowest BCUT2D eigenvalue weighted by Crippen LogP contribution is -2.34. The Morgan fingerprint density at radius 2 is 2.06 bits per heavy atom. The molecule has 0 saturated heterocycles. The van der Waals surface area contributed by atoms with Crippen molar-refractivity contribution in [3.8, 4) is 0 Å². The van der Waals surface area contributed by atoms with Crippen LogP contribution in [0.2, 0.25) is 0 Å². The minimum absolute atomic E-state index is 0.216. The Morgan fingerprint density at radius 3 is 2.72 bits per heavy atom. The normalized spacial score (nSPS) is 12.9. The molecule has 0 amide bonds. The number of thiophene rings is 1. The highest BCUT2D eigenvalue weighted by molar-refractivity contribution is 7.17. The van der Waals surface area contributed by atoms with E-state index in [2.05, 4.69) is 11.4 Å². The van der Waals surface area contributed by atoms with Gasteiger partial charge in [0.2, 0.25) is 0 Å². The molecular formula is C14H17NO2S. The molecule has 0 spiro atoms. The fourth-order valence-corrected chi connectivity index (χ4v) is 2.94. The molecular weight excluding hydrogens is 246 g/mol. The largest absolute Gasteiger partial charge is 0.468 e. The second kappa shape index (κ2) is 5.50. The maximum absolute atomic E-state index is 11.9. The lowest BCUT2D eigenvalue weighted by molar-refractivity contribution is -0.143. The van der Waals surface area contributed by atoms with Crippen molar-refractivity contribution in [1.82, 2.24) is 5.32 Å². The fraction of sp³-hybridized carbons (Fsp3) is 0.357. The predicted octanol–water partition coefficient (Wildman–Crippen LogP) is 3.11. The van der Waals surface area contributed by atoms with Crippen LogP contribution in [0.1, 0.15) is 25.5 Å². The van der Waals surface area contributed by atoms with Crippen LogP contribution in [0.4, 0.5) is 0 Å². The molecule has 1 heterocycles. The number of fused-ring (bicyclic) bond motifs is 1. The number of hydrogen-bond acceptors (Lipinski definition) is 4. The quantitative estimate of drug-likeness (QED) is 0.861. The first-order chi connectivity index (χ1) is 8.63. The topological polar surface area (TPSA) is 38.3 Å². The van der Waals surface area contributed by atoms with Gasteiger partial charge in [-0.05, 0) is 36.2 Å². The highest BCUT2D eigenvalue weighted by atomic mass is 32.1. The first-order valence-corrected chi connectivity index (χ1v) is 6.81. The van der Waals surface area contributed by atoms with Gasteiger partial charge in [0.05, 0.1) is 7.11 Å². The number of rotatable bonds is 4. The zero-order valence-corrected chi connectivity index (χ0v) is 11.6. The van der Waals surface area contributed by atoms with Crippen molar-refractivity contribution in [2.75, 3.05) is 7.11 Å². The Bertz CT molecular complexity index is 547. The highest BCUT2D eigenvalue weighted by Crippen LogP contribution is 2.31. The summed E-state index contributed by atoms with van der Waals surface area (Å²) >= 11 is 1.65. The summed E-state index contributed by atoms with van der Waals surface area (Å²) in [4.78, 5) is 11.9. The third kappa shape index (κ3) is 2.54. The van der Waals surface area contributed by atoms with Crippen LogP contribution in [0, 0.1) is 0 Å². The third-order valence-electron chi connectivity index (χ3n) is 2.76. The van der Waals surface area contributed by atoms with E-state index in [1.165, 1.54) is 11.8 Å². The molecule has 18 heavy (non-hydrogen) atoms. The molecule has 1 aromatic carbocycles. The van der Waals surface area contributed by atoms with Crippen molar-refractivity contribution in [1.29, 1.82) is 0 Å². The van der Waals surface area contributed by atoms with Gasteiger partial charge in [0.1, 0.15) is 6.04 Å². The maximum atomic E-state index is 11.9. The Morgan fingerprint density at radius 1 is 1.33 bits per heavy atom. The lowest BCUT2D eigenvalue weighted by atomic mass is 10.1. The first kappa shape index (κ1) is 13.1. The average molecular weight is 263 g/mol. The van der Waals surface area contributed by atoms with Gasteiger partial charge in [0.15, 0.2) is 0 Å². The van der Waals surface area contributed by atoms with Crippen molar-refractivity contribution >= 4 is 27.4 Å². The standard InChI is InChI=1S/C14H17NO2S/c1-9(2)15-13(14(16)17-3)11-8-18-12-7-5-4-6-10(11)12/h4-9,13,15H,1-3H3. The van der Waals surface area contributed by atoms with Gasteiger partial charge in [-0.25, -0.2) is 4.79 Å². The number of methoxy groups -OCH3 is 1. The van der Waals surface area contributed by atoms with Crippen molar-refractivity contribution in [3.63, 3.8) is 0 Å². The molecule has 0 aliphatic carbocycles. The van der Waals surface area contributed by atoms with Crippen molar-refractivity contribution < 1.29 is 9.53 Å². The molecule has 2 aromatic rings. The summed E-state index contributed by atoms with van der Waals surface area (Å²) in [5.74, 6) is -0.243. The first-order valence-electron chi connectivity index (χ1n) is 5.93. The number of carbonyl (C=O) groups is 1. The fourth-order valence-electron chi connectivity index (χ4n) is 1.96. The summed E-state index contributed by atoms with van der Waals surface area (Å²) in [5.41, 5.74) is 0.996. The van der Waals surface area contributed by atoms with Gasteiger partial charge < -0.3 is 4.74 Å². The van der Waals surface area contributed by atoms with Crippen molar-refractivity contribution in [2.45, 2.75) is 25.9 Å². The number of ether oxygens (including phenoxy) is 1. The van der Waals surface area contributed by atoms with Crippen molar-refractivity contribution in [2.24, 2.45) is 0 Å². The van der Waals surface area contributed by atoms with Gasteiger partial charge in [-0.3, -0.25) is 5.32 Å². The second-order valence-corrected chi connectivity index (χ2v) is 5.38. The third-order valence-corrected chi connectivity index (χ3v) is 3.74. The van der Waals surface area contributed by atoms with Gasteiger partial charge in [-0.1, -0.05) is 18.2 Å². The van der Waals surface area contributed by atoms with E-state index < -0.39 is 6.04 Å². The van der Waals surface area contributed by atoms with Crippen LogP contribution in [0.3, 0.4) is 0 Å². The van der Waals surface area contributed by atoms with E-state index in [1.807, 2.05) is 37.4 Å². The Balaban J connectivity index is 2.44. The zero-order valence-electron chi connectivity index (χ0n) is 10.8. The summed E-state index contributed by atoms with van der Waals surface area (Å²) in [6, 6.07) is 7.92. The van der Waals surface area contributed by atoms with E-state index in [0.717, 1.165) is 10.9 Å². The van der Waals surface area contributed by atoms with Gasteiger partial charge in [-0.15, -0.1) is 11.3 Å². The minimum Gasteiger partial charge on any atom is -0.468 e. The summed E-state index contributed by atoms with van der Waals surface area (Å²) in [5, 5.41) is 6.40. The molecule has 0 aliphatic heterocycles. The van der Waals surface area contributed by atoms with Gasteiger partial charge >= 0.3 is 5.97 Å². The smallest absolute Gasteiger partial charge is 0.327 e. The van der Waals surface area contributed by atoms with Gasteiger partial charge in [0.25, 0.3) is 0 Å². The molecule has 0 saturated carbocycles. The summed E-state index contributed by atoms with van der Waals surface area (Å²) in [7, 11) is 1.42. The molecule has 0 bridgehead atoms. The van der Waals surface area contributed by atoms with Crippen LogP contribution in [0.25, 0.3) is 10.1 Å². The molecule has 4 heteroatoms. The molecule has 1 aromatic heterocycles. The SMILES string of the molecule is COC(=O)C(NC(C)C)c1csc2ccccc12. The molecule has 1 N–H and O–H groups in total. The van der Waals surface area contributed by atoms with E-state index in [-0.39, 0.29) is 12.0 Å². The molecule has 3 nitrogen and oxygen atoms in total. The Kier molecular flexibility index (Phi) is 3.99. The van der Waals surface area contributed by atoms with Crippen LogP contribution < -0.4 is 5.32 Å². The number of hydrogen-bond donors (Lipinski definition) is 1. The van der Waals surface area contributed by atoms with Gasteiger partial charge in [-0.2, -0.15) is 0 Å². The van der Waals surface area contributed by atoms with E-state index in [9.17, 15) is 4.79 Å². The molecule has 1 atom stereocenters. The van der Waals surface area contributed by atoms with E-state index in [0.29, 0.717) is 0 Å². The van der Waals surface area contributed by atoms with Crippen LogP contribution in [0.15, 0.2) is 29.6 Å². The molecule has 0 fully saturated rings. The number of nitrogens with one attached hydrogen (secondary N) is 1. The maximum Gasteiger partial charge on any atom is 0.327 e. The second-order valence-electron chi connectivity index (χ2n) is 4.46. The number of benzene rings is 1. The van der Waals surface area contributed by atoms with Crippen molar-refractivity contribution in [3.05, 3.63) is 35.2 Å². The van der Waals surface area contributed by atoms with E-state index in [4.69, 9.17) is 4.74 Å². The minimum atomic E-state index is -0.397. The Hall–Kier alpha value is -1.39. The summed E-state index contributed by atoms with van der Waals surface area (Å²) in [6.45, 7) is 4.04. The van der Waals surface area contributed by atoms with E-state index >= 15 is 0 Å². The molecule has 0 radical (unpaired) electrons. The number of esters is 1. The summed E-state index contributed by atoms with van der Waals surface area (Å²) < 4.78 is 6.08. The van der Waals surface area contributed by atoms with Crippen LogP contribution >= 0.6 is 11.3 Å². The molecule has 0 aliphatic rings. The van der Waals surface area contributed by atoms with Crippen LogP contribution in [-0.2, 0) is 9.53 Å². The zero-order chi connectivity index (χ0) is 13.1. The molecule has 2 rings (SSSR count). The van der Waals surface area contributed by atoms with Gasteiger partial charge in [0, 0.05) is 10.7 Å². The summed E-state index contributed by atoms with van der Waals surface area (Å²) in [6.07, 6.45) is 0. The van der Waals surface area contributed by atoms with E-state index in [1.54, 1.807) is 11.3 Å². The molecule has 96 valence electrons. The lowest BCUT2D eigenvalue weighted by Gasteiger charge is -2.18. The molecule has 1 unspecified atom stereocenters.